The SMILES string of the molecule is CCOC(=O)CCCCCNCc1sccc1C. The number of carbonyl (C=O) groups is 1. The molecule has 1 aromatic heterocycles. The molecule has 1 rings (SSSR count). The van der Waals surface area contributed by atoms with Crippen molar-refractivity contribution >= 4 is 17.3 Å². The van der Waals surface area contributed by atoms with Crippen LogP contribution in [0.3, 0.4) is 0 Å². The van der Waals surface area contributed by atoms with E-state index in [0.29, 0.717) is 13.0 Å². The van der Waals surface area contributed by atoms with E-state index < -0.39 is 0 Å². The highest BCUT2D eigenvalue weighted by Crippen LogP contribution is 2.14. The van der Waals surface area contributed by atoms with Crippen LogP contribution in [0.25, 0.3) is 0 Å². The molecule has 0 radical (unpaired) electrons. The van der Waals surface area contributed by atoms with Crippen molar-refractivity contribution in [3.05, 3.63) is 21.9 Å². The zero-order valence-corrected chi connectivity index (χ0v) is 12.1. The highest BCUT2D eigenvalue weighted by atomic mass is 32.1. The Morgan fingerprint density at radius 1 is 1.39 bits per heavy atom. The summed E-state index contributed by atoms with van der Waals surface area (Å²) in [4.78, 5) is 12.5. The molecule has 0 saturated carbocycles. The number of hydrogen-bond acceptors (Lipinski definition) is 4. The van der Waals surface area contributed by atoms with E-state index >= 15 is 0 Å². The van der Waals surface area contributed by atoms with Crippen molar-refractivity contribution in [2.45, 2.75) is 46.1 Å². The third-order valence-electron chi connectivity index (χ3n) is 2.79. The van der Waals surface area contributed by atoms with Crippen molar-refractivity contribution in [3.8, 4) is 0 Å². The number of rotatable bonds is 9. The van der Waals surface area contributed by atoms with E-state index in [2.05, 4.69) is 23.7 Å². The van der Waals surface area contributed by atoms with E-state index in [1.54, 1.807) is 11.3 Å². The minimum Gasteiger partial charge on any atom is -0.466 e. The van der Waals surface area contributed by atoms with E-state index in [-0.39, 0.29) is 5.97 Å². The third kappa shape index (κ3) is 6.17. The monoisotopic (exact) mass is 269 g/mol. The summed E-state index contributed by atoms with van der Waals surface area (Å²) >= 11 is 1.80. The zero-order valence-electron chi connectivity index (χ0n) is 11.3. The highest BCUT2D eigenvalue weighted by molar-refractivity contribution is 7.10. The number of carbonyl (C=O) groups excluding carboxylic acids is 1. The van der Waals surface area contributed by atoms with Crippen molar-refractivity contribution in [1.29, 1.82) is 0 Å². The van der Waals surface area contributed by atoms with E-state index in [1.165, 1.54) is 10.4 Å². The first-order valence-corrected chi connectivity index (χ1v) is 7.51. The van der Waals surface area contributed by atoms with Crippen molar-refractivity contribution in [2.24, 2.45) is 0 Å². The molecular formula is C14H23NO2S. The van der Waals surface area contributed by atoms with Gasteiger partial charge in [-0.3, -0.25) is 4.79 Å². The molecule has 0 aromatic carbocycles. The Morgan fingerprint density at radius 2 is 2.22 bits per heavy atom. The summed E-state index contributed by atoms with van der Waals surface area (Å²) in [5.41, 5.74) is 1.37. The van der Waals surface area contributed by atoms with Crippen LogP contribution in [0.2, 0.25) is 0 Å². The zero-order chi connectivity index (χ0) is 13.2. The fraction of sp³-hybridized carbons (Fsp3) is 0.643. The Balaban J connectivity index is 1.93. The average molecular weight is 269 g/mol. The Bertz CT molecular complexity index is 349. The van der Waals surface area contributed by atoms with Gasteiger partial charge in [-0.1, -0.05) is 6.42 Å². The lowest BCUT2D eigenvalue weighted by Crippen LogP contribution is -2.14. The molecule has 0 aliphatic rings. The maximum atomic E-state index is 11.1. The molecule has 0 fully saturated rings. The second kappa shape index (κ2) is 9.11. The van der Waals surface area contributed by atoms with E-state index in [4.69, 9.17) is 4.74 Å². The molecule has 0 bridgehead atoms. The highest BCUT2D eigenvalue weighted by Gasteiger charge is 2.01. The second-order valence-electron chi connectivity index (χ2n) is 4.32. The Hall–Kier alpha value is -0.870. The minimum atomic E-state index is -0.0698. The number of hydrogen-bond donors (Lipinski definition) is 1. The average Bonchev–Trinajstić information content (AvgIpc) is 2.74. The third-order valence-corrected chi connectivity index (χ3v) is 3.82. The lowest BCUT2D eigenvalue weighted by Gasteiger charge is -2.04. The standard InChI is InChI=1S/C14H23NO2S/c1-3-17-14(16)7-5-4-6-9-15-11-13-12(2)8-10-18-13/h8,10,15H,3-7,9,11H2,1-2H3. The Morgan fingerprint density at radius 3 is 2.89 bits per heavy atom. The molecule has 102 valence electrons. The Kier molecular flexibility index (Phi) is 7.69. The maximum absolute atomic E-state index is 11.1. The predicted octanol–water partition coefficient (Wildman–Crippen LogP) is 3.27. The van der Waals surface area contributed by atoms with Crippen LogP contribution in [0.4, 0.5) is 0 Å². The van der Waals surface area contributed by atoms with Crippen LogP contribution in [0.1, 0.15) is 43.0 Å². The van der Waals surface area contributed by atoms with Gasteiger partial charge in [-0.2, -0.15) is 0 Å². The van der Waals surface area contributed by atoms with Gasteiger partial charge in [-0.05, 0) is 50.2 Å². The second-order valence-corrected chi connectivity index (χ2v) is 5.32. The van der Waals surface area contributed by atoms with Crippen molar-refractivity contribution < 1.29 is 9.53 Å². The maximum Gasteiger partial charge on any atom is 0.305 e. The molecule has 0 spiro atoms. The van der Waals surface area contributed by atoms with E-state index in [0.717, 1.165) is 32.4 Å². The summed E-state index contributed by atoms with van der Waals surface area (Å²) in [6.45, 7) is 6.45. The van der Waals surface area contributed by atoms with Gasteiger partial charge in [-0.25, -0.2) is 0 Å². The van der Waals surface area contributed by atoms with E-state index in [9.17, 15) is 4.79 Å². The van der Waals surface area contributed by atoms with Gasteiger partial charge < -0.3 is 10.1 Å². The lowest BCUT2D eigenvalue weighted by atomic mass is 10.2. The van der Waals surface area contributed by atoms with Crippen LogP contribution in [0, 0.1) is 6.92 Å². The molecule has 0 aliphatic heterocycles. The normalized spacial score (nSPS) is 10.6. The van der Waals surface area contributed by atoms with Crippen LogP contribution in [0.5, 0.6) is 0 Å². The first kappa shape index (κ1) is 15.2. The van der Waals surface area contributed by atoms with Crippen LogP contribution in [-0.4, -0.2) is 19.1 Å². The van der Waals surface area contributed by atoms with Gasteiger partial charge in [0, 0.05) is 17.8 Å². The molecule has 3 nitrogen and oxygen atoms in total. The summed E-state index contributed by atoms with van der Waals surface area (Å²) < 4.78 is 4.88. The molecule has 0 unspecified atom stereocenters. The van der Waals surface area contributed by atoms with Gasteiger partial charge in [-0.15, -0.1) is 11.3 Å². The molecule has 1 N–H and O–H groups in total. The van der Waals surface area contributed by atoms with Crippen LogP contribution < -0.4 is 5.32 Å². The van der Waals surface area contributed by atoms with Crippen molar-refractivity contribution in [3.63, 3.8) is 0 Å². The predicted molar refractivity (Wildman–Crippen MR) is 75.9 cm³/mol. The summed E-state index contributed by atoms with van der Waals surface area (Å²) in [5, 5.41) is 5.57. The summed E-state index contributed by atoms with van der Waals surface area (Å²) in [7, 11) is 0. The van der Waals surface area contributed by atoms with Crippen LogP contribution in [-0.2, 0) is 16.1 Å². The largest absolute Gasteiger partial charge is 0.466 e. The van der Waals surface area contributed by atoms with Gasteiger partial charge in [0.2, 0.25) is 0 Å². The molecule has 0 atom stereocenters. The van der Waals surface area contributed by atoms with Crippen molar-refractivity contribution in [2.75, 3.05) is 13.2 Å². The summed E-state index contributed by atoms with van der Waals surface area (Å²) in [6, 6.07) is 2.15. The first-order chi connectivity index (χ1) is 8.74. The molecule has 0 saturated heterocycles. The molecule has 18 heavy (non-hydrogen) atoms. The van der Waals surface area contributed by atoms with Crippen LogP contribution >= 0.6 is 11.3 Å². The number of esters is 1. The molecule has 1 heterocycles. The topological polar surface area (TPSA) is 38.3 Å². The van der Waals surface area contributed by atoms with Gasteiger partial charge in [0.15, 0.2) is 0 Å². The van der Waals surface area contributed by atoms with Gasteiger partial charge in [0.05, 0.1) is 6.61 Å². The fourth-order valence-corrected chi connectivity index (χ4v) is 2.59. The molecular weight excluding hydrogens is 246 g/mol. The smallest absolute Gasteiger partial charge is 0.305 e. The summed E-state index contributed by atoms with van der Waals surface area (Å²) in [6.07, 6.45) is 3.68. The number of aryl methyl sites for hydroxylation is 1. The molecule has 0 amide bonds. The van der Waals surface area contributed by atoms with Gasteiger partial charge in [0.1, 0.15) is 0 Å². The number of thiophene rings is 1. The molecule has 4 heteroatoms. The van der Waals surface area contributed by atoms with Gasteiger partial charge >= 0.3 is 5.97 Å². The fourth-order valence-electron chi connectivity index (χ4n) is 1.72. The van der Waals surface area contributed by atoms with Gasteiger partial charge in [0.25, 0.3) is 0 Å². The minimum absolute atomic E-state index is 0.0698. The quantitative estimate of drug-likeness (QED) is 0.552. The lowest BCUT2D eigenvalue weighted by molar-refractivity contribution is -0.143. The molecule has 0 aliphatic carbocycles. The van der Waals surface area contributed by atoms with E-state index in [1.807, 2.05) is 6.92 Å². The summed E-state index contributed by atoms with van der Waals surface area (Å²) in [5.74, 6) is -0.0698. The first-order valence-electron chi connectivity index (χ1n) is 6.63. The molecule has 1 aromatic rings. The number of nitrogens with one attached hydrogen (secondary N) is 1. The number of unbranched alkanes of at least 4 members (excludes halogenated alkanes) is 2. The number of ether oxygens (including phenoxy) is 1. The van der Waals surface area contributed by atoms with Crippen molar-refractivity contribution in [1.82, 2.24) is 5.32 Å². The van der Waals surface area contributed by atoms with Crippen LogP contribution in [0.15, 0.2) is 11.4 Å². The Labute approximate surface area is 114 Å².